The highest BCUT2D eigenvalue weighted by Gasteiger charge is 2.53. The molecule has 3 atom stereocenters. The zero-order valence-electron chi connectivity index (χ0n) is 22.7. The van der Waals surface area contributed by atoms with Crippen molar-refractivity contribution in [3.8, 4) is 0 Å². The lowest BCUT2D eigenvalue weighted by molar-refractivity contribution is -0.215. The summed E-state index contributed by atoms with van der Waals surface area (Å²) in [5.41, 5.74) is 3.87. The van der Waals surface area contributed by atoms with Crippen molar-refractivity contribution in [2.24, 2.45) is 0 Å². The molecule has 8 nitrogen and oxygen atoms in total. The molecule has 0 bridgehead atoms. The van der Waals surface area contributed by atoms with Crippen molar-refractivity contribution in [3.63, 3.8) is 0 Å². The van der Waals surface area contributed by atoms with Crippen LogP contribution in [0.4, 0.5) is 0 Å². The van der Waals surface area contributed by atoms with Gasteiger partial charge in [0.15, 0.2) is 0 Å². The van der Waals surface area contributed by atoms with Gasteiger partial charge in [0.1, 0.15) is 18.2 Å². The van der Waals surface area contributed by atoms with Crippen molar-refractivity contribution in [1.82, 2.24) is 30.0 Å². The molecule has 1 N–H and O–H groups in total. The van der Waals surface area contributed by atoms with E-state index in [0.717, 1.165) is 27.6 Å². The highest BCUT2D eigenvalue weighted by atomic mass is 16.2. The maximum atomic E-state index is 14.5. The summed E-state index contributed by atoms with van der Waals surface area (Å²) in [6, 6.07) is 24.7. The number of hydrogen-bond acceptors (Lipinski definition) is 5. The Morgan fingerprint density at radius 2 is 1.70 bits per heavy atom. The van der Waals surface area contributed by atoms with E-state index in [0.29, 0.717) is 32.6 Å². The number of likely N-dealkylation sites (N-methyl/N-ethyl adjacent to an activating group) is 1. The van der Waals surface area contributed by atoms with E-state index in [4.69, 9.17) is 0 Å². The monoisotopic (exact) mass is 534 g/mol. The molecule has 6 rings (SSSR count). The molecule has 4 aromatic rings. The van der Waals surface area contributed by atoms with Crippen molar-refractivity contribution >= 4 is 22.7 Å². The summed E-state index contributed by atoms with van der Waals surface area (Å²) in [7, 11) is 0. The largest absolute Gasteiger partial charge is 0.333 e. The Morgan fingerprint density at radius 3 is 2.42 bits per heavy atom. The summed E-state index contributed by atoms with van der Waals surface area (Å²) in [5, 5.41) is 12.7. The Balaban J connectivity index is 1.43. The van der Waals surface area contributed by atoms with Crippen LogP contribution in [-0.4, -0.2) is 73.7 Å². The van der Waals surface area contributed by atoms with Gasteiger partial charge in [-0.05, 0) is 16.7 Å². The first-order valence-electron chi connectivity index (χ1n) is 13.9. The molecule has 2 aliphatic rings. The molecule has 0 aliphatic carbocycles. The van der Waals surface area contributed by atoms with Crippen LogP contribution >= 0.6 is 0 Å². The number of benzene rings is 3. The van der Waals surface area contributed by atoms with Gasteiger partial charge in [-0.3, -0.25) is 14.7 Å². The summed E-state index contributed by atoms with van der Waals surface area (Å²) in [6.07, 6.45) is 3.79. The van der Waals surface area contributed by atoms with E-state index in [1.807, 2.05) is 94.7 Å². The third-order valence-electron chi connectivity index (χ3n) is 8.05. The number of nitrogens with zero attached hydrogens (tertiary/aromatic N) is 5. The van der Waals surface area contributed by atoms with E-state index >= 15 is 0 Å². The number of hydrogen-bond donors (Lipinski definition) is 1. The lowest BCUT2D eigenvalue weighted by Crippen LogP contribution is -2.75. The summed E-state index contributed by atoms with van der Waals surface area (Å²) in [6.45, 7) is 8.14. The third kappa shape index (κ3) is 4.59. The molecular formula is C32H34N6O2. The number of carbonyl (C=O) groups is 2. The van der Waals surface area contributed by atoms with Crippen LogP contribution in [0.5, 0.6) is 0 Å². The number of rotatable bonds is 8. The number of amides is 2. The zero-order valence-corrected chi connectivity index (χ0v) is 22.7. The number of aromatic nitrogens is 2. The molecule has 2 saturated heterocycles. The Kier molecular flexibility index (Phi) is 7.19. The molecule has 1 aromatic heterocycles. The van der Waals surface area contributed by atoms with E-state index in [1.54, 1.807) is 6.20 Å². The van der Waals surface area contributed by atoms with Crippen LogP contribution in [-0.2, 0) is 22.6 Å². The zero-order chi connectivity index (χ0) is 27.6. The second kappa shape index (κ2) is 11.1. The molecule has 2 fully saturated rings. The fraction of sp³-hybridized carbons (Fsp3) is 0.281. The average Bonchev–Trinajstić information content (AvgIpc) is 3.47. The number of H-pyrrole nitrogens is 1. The number of nitrogens with one attached hydrogen (secondary N) is 1. The smallest absolute Gasteiger partial charge is 0.247 e. The van der Waals surface area contributed by atoms with Crippen molar-refractivity contribution in [2.45, 2.75) is 38.1 Å². The lowest BCUT2D eigenvalue weighted by Gasteiger charge is -2.58. The molecule has 0 saturated carbocycles. The first kappa shape index (κ1) is 26.0. The van der Waals surface area contributed by atoms with Gasteiger partial charge < -0.3 is 9.80 Å². The summed E-state index contributed by atoms with van der Waals surface area (Å²) >= 11 is 0. The van der Waals surface area contributed by atoms with Gasteiger partial charge in [-0.25, -0.2) is 10.0 Å². The standard InChI is InChI=1S/C32H34N6O2/c1-3-18-37-30(24-14-9-6-10-15-24)32(40)38-27(19-23-12-7-5-8-13-23)31(39)35(22-28(38)36(37)4-2)21-26-17-11-16-25-20-33-34-29(25)26/h3,5-17,20,27-28,30H,1,4,18-19,21-22H2,2H3,(H,33,34)/t27-,28+,30?/m0/s1. The van der Waals surface area contributed by atoms with Crippen molar-refractivity contribution in [1.29, 1.82) is 0 Å². The van der Waals surface area contributed by atoms with Crippen LogP contribution in [0.3, 0.4) is 0 Å². The molecular weight excluding hydrogens is 500 g/mol. The Bertz CT molecular complexity index is 1500. The van der Waals surface area contributed by atoms with Gasteiger partial charge in [0.2, 0.25) is 11.8 Å². The van der Waals surface area contributed by atoms with Crippen LogP contribution < -0.4 is 0 Å². The normalized spacial score (nSPS) is 22.1. The fourth-order valence-electron chi connectivity index (χ4n) is 6.26. The molecule has 2 amide bonds. The van der Waals surface area contributed by atoms with Gasteiger partial charge in [-0.15, -0.1) is 6.58 Å². The minimum atomic E-state index is -0.624. The third-order valence-corrected chi connectivity index (χ3v) is 8.05. The van der Waals surface area contributed by atoms with Crippen LogP contribution in [0, 0.1) is 0 Å². The number of fused-ring (bicyclic) bond motifs is 2. The Morgan fingerprint density at radius 1 is 0.950 bits per heavy atom. The van der Waals surface area contributed by atoms with Gasteiger partial charge in [0.05, 0.1) is 18.3 Å². The second-order valence-corrected chi connectivity index (χ2v) is 10.4. The highest BCUT2D eigenvalue weighted by molar-refractivity contribution is 5.93. The highest BCUT2D eigenvalue weighted by Crippen LogP contribution is 2.37. The maximum Gasteiger partial charge on any atom is 0.247 e. The minimum Gasteiger partial charge on any atom is -0.333 e. The van der Waals surface area contributed by atoms with E-state index < -0.39 is 12.1 Å². The number of hydrazine groups is 1. The number of piperazine rings is 1. The van der Waals surface area contributed by atoms with Gasteiger partial charge >= 0.3 is 0 Å². The summed E-state index contributed by atoms with van der Waals surface area (Å²) in [4.78, 5) is 32.6. The summed E-state index contributed by atoms with van der Waals surface area (Å²) in [5.74, 6) is -0.0858. The fourth-order valence-corrected chi connectivity index (χ4v) is 6.26. The van der Waals surface area contributed by atoms with Gasteiger partial charge in [-0.2, -0.15) is 5.10 Å². The number of aromatic amines is 1. The molecule has 3 heterocycles. The number of para-hydroxylation sites is 1. The lowest BCUT2D eigenvalue weighted by atomic mass is 9.94. The van der Waals surface area contributed by atoms with Crippen LogP contribution in [0.25, 0.3) is 10.9 Å². The van der Waals surface area contributed by atoms with Crippen molar-refractivity contribution < 1.29 is 9.59 Å². The molecule has 0 spiro atoms. The molecule has 3 aromatic carbocycles. The Hall–Kier alpha value is -4.27. The van der Waals surface area contributed by atoms with Crippen LogP contribution in [0.1, 0.15) is 29.7 Å². The number of carbonyl (C=O) groups excluding carboxylic acids is 2. The maximum absolute atomic E-state index is 14.5. The molecule has 8 heteroatoms. The second-order valence-electron chi connectivity index (χ2n) is 10.4. The van der Waals surface area contributed by atoms with Crippen LogP contribution in [0.15, 0.2) is 97.7 Å². The van der Waals surface area contributed by atoms with E-state index in [-0.39, 0.29) is 18.0 Å². The average molecular weight is 535 g/mol. The van der Waals surface area contributed by atoms with Gasteiger partial charge in [0.25, 0.3) is 0 Å². The van der Waals surface area contributed by atoms with E-state index in [1.165, 1.54) is 0 Å². The van der Waals surface area contributed by atoms with E-state index in [2.05, 4.69) is 33.7 Å². The molecule has 2 aliphatic heterocycles. The van der Waals surface area contributed by atoms with Crippen molar-refractivity contribution in [3.05, 3.63) is 114 Å². The van der Waals surface area contributed by atoms with E-state index in [9.17, 15) is 9.59 Å². The topological polar surface area (TPSA) is 75.8 Å². The summed E-state index contributed by atoms with van der Waals surface area (Å²) < 4.78 is 0. The first-order chi connectivity index (χ1) is 19.6. The quantitative estimate of drug-likeness (QED) is 0.344. The molecule has 1 unspecified atom stereocenters. The first-order valence-corrected chi connectivity index (χ1v) is 13.9. The van der Waals surface area contributed by atoms with Crippen molar-refractivity contribution in [2.75, 3.05) is 19.6 Å². The predicted molar refractivity (Wildman–Crippen MR) is 155 cm³/mol. The molecule has 40 heavy (non-hydrogen) atoms. The molecule has 0 radical (unpaired) electrons. The minimum absolute atomic E-state index is 0.0370. The van der Waals surface area contributed by atoms with Gasteiger partial charge in [-0.1, -0.05) is 91.9 Å². The van der Waals surface area contributed by atoms with Crippen LogP contribution in [0.2, 0.25) is 0 Å². The van der Waals surface area contributed by atoms with Gasteiger partial charge in [0, 0.05) is 31.4 Å². The molecule has 204 valence electrons. The predicted octanol–water partition coefficient (Wildman–Crippen LogP) is 4.15. The SMILES string of the molecule is C=CCN1C(c2ccccc2)C(=O)N2[C@@H](Cc3ccccc3)C(=O)N(Cc3cccc4cn[nH]c34)C[C@@H]2N1CC. The Labute approximate surface area is 234 Å².